The van der Waals surface area contributed by atoms with E-state index in [-0.39, 0.29) is 0 Å². The summed E-state index contributed by atoms with van der Waals surface area (Å²) in [6, 6.07) is 8.35. The first kappa shape index (κ1) is 12.2. The largest absolute Gasteiger partial charge is 0.441 e. The average molecular weight is 294 g/mol. The maximum Gasteiger partial charge on any atom is 0.353 e. The summed E-state index contributed by atoms with van der Waals surface area (Å²) in [4.78, 5) is 16.5. The Morgan fingerprint density at radius 3 is 2.95 bits per heavy atom. The molecule has 0 N–H and O–H groups in total. The number of carbonyl (C=O) groups is 1. The molecule has 0 saturated heterocycles. The quantitative estimate of drug-likeness (QED) is 0.528. The van der Waals surface area contributed by atoms with Crippen LogP contribution >= 0.6 is 22.9 Å². The van der Waals surface area contributed by atoms with Gasteiger partial charge in [-0.25, -0.2) is 9.78 Å². The van der Waals surface area contributed by atoms with Crippen molar-refractivity contribution in [2.45, 2.75) is 6.92 Å². The van der Waals surface area contributed by atoms with Gasteiger partial charge in [0.1, 0.15) is 16.1 Å². The number of halogens is 1. The van der Waals surface area contributed by atoms with E-state index in [0.717, 1.165) is 0 Å². The highest BCUT2D eigenvalue weighted by Crippen LogP contribution is 2.25. The molecule has 0 aliphatic carbocycles. The van der Waals surface area contributed by atoms with Crippen molar-refractivity contribution in [3.05, 3.63) is 45.4 Å². The van der Waals surface area contributed by atoms with Gasteiger partial charge in [-0.15, -0.1) is 11.3 Å². The fourth-order valence-corrected chi connectivity index (χ4v) is 2.59. The molecule has 0 atom stereocenters. The molecule has 0 radical (unpaired) electrons. The number of hydrogen-bond acceptors (Lipinski definition) is 5. The van der Waals surface area contributed by atoms with E-state index in [9.17, 15) is 4.79 Å². The molecule has 0 bridgehead atoms. The summed E-state index contributed by atoms with van der Waals surface area (Å²) in [5.74, 6) is 0.565. The fraction of sp³-hybridized carbons (Fsp3) is 0.0769. The predicted molar refractivity (Wildman–Crippen MR) is 73.0 cm³/mol. The molecule has 0 fully saturated rings. The van der Waals surface area contributed by atoms with Crippen molar-refractivity contribution >= 4 is 40.0 Å². The molecule has 0 saturated carbocycles. The highest BCUT2D eigenvalue weighted by atomic mass is 35.5. The summed E-state index contributed by atoms with van der Waals surface area (Å²) in [6.45, 7) is 1.76. The van der Waals surface area contributed by atoms with Gasteiger partial charge in [0, 0.05) is 13.0 Å². The van der Waals surface area contributed by atoms with Crippen LogP contribution < -0.4 is 4.74 Å². The van der Waals surface area contributed by atoms with E-state index in [1.165, 1.54) is 11.3 Å². The molecule has 3 aromatic rings. The van der Waals surface area contributed by atoms with Crippen molar-refractivity contribution in [3.8, 4) is 5.75 Å². The van der Waals surface area contributed by atoms with E-state index in [1.54, 1.807) is 37.3 Å². The predicted octanol–water partition coefficient (Wildman–Crippen LogP) is 4.07. The second-order valence-electron chi connectivity index (χ2n) is 3.86. The van der Waals surface area contributed by atoms with E-state index in [4.69, 9.17) is 20.8 Å². The van der Waals surface area contributed by atoms with Crippen LogP contribution in [0, 0.1) is 6.92 Å². The Labute approximate surface area is 117 Å². The van der Waals surface area contributed by atoms with Crippen molar-refractivity contribution in [3.63, 3.8) is 0 Å². The number of nitrogens with zero attached hydrogens (tertiary/aromatic N) is 1. The Balaban J connectivity index is 1.86. The maximum atomic E-state index is 11.9. The van der Waals surface area contributed by atoms with Gasteiger partial charge >= 0.3 is 5.97 Å². The third-order valence-electron chi connectivity index (χ3n) is 2.45. The molecule has 19 heavy (non-hydrogen) atoms. The second-order valence-corrected chi connectivity index (χ2v) is 5.57. The first-order valence-corrected chi connectivity index (χ1v) is 6.66. The second kappa shape index (κ2) is 4.68. The molecule has 4 nitrogen and oxygen atoms in total. The van der Waals surface area contributed by atoms with Gasteiger partial charge in [0.15, 0.2) is 11.5 Å². The zero-order valence-corrected chi connectivity index (χ0v) is 11.4. The monoisotopic (exact) mass is 293 g/mol. The molecule has 0 unspecified atom stereocenters. The van der Waals surface area contributed by atoms with Crippen molar-refractivity contribution < 1.29 is 13.9 Å². The van der Waals surface area contributed by atoms with Crippen molar-refractivity contribution in [1.29, 1.82) is 0 Å². The lowest BCUT2D eigenvalue weighted by atomic mass is 10.3. The number of esters is 1. The number of thiophene rings is 1. The third kappa shape index (κ3) is 2.47. The van der Waals surface area contributed by atoms with Crippen molar-refractivity contribution in [2.75, 3.05) is 0 Å². The highest BCUT2D eigenvalue weighted by Gasteiger charge is 2.12. The van der Waals surface area contributed by atoms with Crippen LogP contribution in [0.5, 0.6) is 5.75 Å². The molecule has 0 aliphatic rings. The zero-order chi connectivity index (χ0) is 13.4. The van der Waals surface area contributed by atoms with Crippen LogP contribution in [0.3, 0.4) is 0 Å². The Morgan fingerprint density at radius 2 is 2.21 bits per heavy atom. The van der Waals surface area contributed by atoms with Gasteiger partial charge < -0.3 is 9.15 Å². The van der Waals surface area contributed by atoms with Crippen molar-refractivity contribution in [2.24, 2.45) is 0 Å². The molecule has 2 aromatic heterocycles. The van der Waals surface area contributed by atoms with Crippen LogP contribution in [0.1, 0.15) is 15.6 Å². The molecule has 96 valence electrons. The first-order chi connectivity index (χ1) is 9.11. The summed E-state index contributed by atoms with van der Waals surface area (Å²) in [6.07, 6.45) is 0. The Kier molecular flexibility index (Phi) is 3.00. The molecule has 2 heterocycles. The number of ether oxygens (including phenoxy) is 1. The number of hydrogen-bond donors (Lipinski definition) is 0. The minimum absolute atomic E-state index is 0.426. The molecule has 3 rings (SSSR count). The first-order valence-electron chi connectivity index (χ1n) is 5.46. The summed E-state index contributed by atoms with van der Waals surface area (Å²) in [5.41, 5.74) is 1.32. The normalized spacial score (nSPS) is 10.8. The third-order valence-corrected chi connectivity index (χ3v) is 3.66. The molecular weight excluding hydrogens is 286 g/mol. The number of benzene rings is 1. The number of aromatic nitrogens is 1. The van der Waals surface area contributed by atoms with Crippen LogP contribution in [-0.2, 0) is 0 Å². The van der Waals surface area contributed by atoms with Crippen LogP contribution in [0.25, 0.3) is 11.1 Å². The van der Waals surface area contributed by atoms with Gasteiger partial charge in [0.05, 0.1) is 4.34 Å². The SMILES string of the molecule is Cc1nc2cc(OC(=O)c3ccc(Cl)s3)ccc2o1. The Morgan fingerprint density at radius 1 is 1.37 bits per heavy atom. The van der Waals surface area contributed by atoms with Gasteiger partial charge in [-0.3, -0.25) is 0 Å². The van der Waals surface area contributed by atoms with Crippen LogP contribution in [0.15, 0.2) is 34.7 Å². The van der Waals surface area contributed by atoms with Gasteiger partial charge in [0.25, 0.3) is 0 Å². The molecule has 1 aromatic carbocycles. The molecule has 0 aliphatic heterocycles. The number of fused-ring (bicyclic) bond motifs is 1. The smallest absolute Gasteiger partial charge is 0.353 e. The molecule has 6 heteroatoms. The van der Waals surface area contributed by atoms with E-state index in [1.807, 2.05) is 0 Å². The van der Waals surface area contributed by atoms with Gasteiger partial charge in [-0.1, -0.05) is 11.6 Å². The molecular formula is C13H8ClNO3S. The summed E-state index contributed by atoms with van der Waals surface area (Å²) in [7, 11) is 0. The van der Waals surface area contributed by atoms with Crippen LogP contribution in [-0.4, -0.2) is 11.0 Å². The lowest BCUT2D eigenvalue weighted by molar-refractivity contribution is 0.0740. The number of carbonyl (C=O) groups excluding carboxylic acids is 1. The van der Waals surface area contributed by atoms with Gasteiger partial charge in [0.2, 0.25) is 0 Å². The Hall–Kier alpha value is -1.85. The highest BCUT2D eigenvalue weighted by molar-refractivity contribution is 7.17. The van der Waals surface area contributed by atoms with E-state index >= 15 is 0 Å². The van der Waals surface area contributed by atoms with Gasteiger partial charge in [-0.05, 0) is 24.3 Å². The maximum absolute atomic E-state index is 11.9. The van der Waals surface area contributed by atoms with Crippen LogP contribution in [0.2, 0.25) is 4.34 Å². The van der Waals surface area contributed by atoms with Crippen molar-refractivity contribution in [1.82, 2.24) is 4.98 Å². The Bertz CT molecular complexity index is 762. The number of oxazole rings is 1. The number of aryl methyl sites for hydroxylation is 1. The summed E-state index contributed by atoms with van der Waals surface area (Å²) < 4.78 is 11.2. The van der Waals surface area contributed by atoms with Gasteiger partial charge in [-0.2, -0.15) is 0 Å². The lowest BCUT2D eigenvalue weighted by Crippen LogP contribution is -2.05. The molecule has 0 spiro atoms. The van der Waals surface area contributed by atoms with E-state index < -0.39 is 5.97 Å². The summed E-state index contributed by atoms with van der Waals surface area (Å²) >= 11 is 6.96. The average Bonchev–Trinajstić information content (AvgIpc) is 2.93. The minimum Gasteiger partial charge on any atom is -0.441 e. The molecule has 0 amide bonds. The number of rotatable bonds is 2. The fourth-order valence-electron chi connectivity index (χ4n) is 1.67. The van der Waals surface area contributed by atoms with Crippen LogP contribution in [0.4, 0.5) is 0 Å². The van der Waals surface area contributed by atoms with E-state index in [2.05, 4.69) is 4.98 Å². The standard InChI is InChI=1S/C13H8ClNO3S/c1-7-15-9-6-8(2-3-10(9)17-7)18-13(16)11-4-5-12(14)19-11/h2-6H,1H3. The zero-order valence-electron chi connectivity index (χ0n) is 9.84. The summed E-state index contributed by atoms with van der Waals surface area (Å²) in [5, 5.41) is 0. The lowest BCUT2D eigenvalue weighted by Gasteiger charge is -2.01. The minimum atomic E-state index is -0.434. The van der Waals surface area contributed by atoms with E-state index in [0.29, 0.717) is 32.0 Å². The topological polar surface area (TPSA) is 52.3 Å².